The molecule has 38 heavy (non-hydrogen) atoms. The first-order valence-corrected chi connectivity index (χ1v) is 12.9. The molecule has 5 aromatic rings. The number of hydrogen-bond acceptors (Lipinski definition) is 5. The van der Waals surface area contributed by atoms with E-state index >= 15 is 0 Å². The summed E-state index contributed by atoms with van der Waals surface area (Å²) in [5.41, 5.74) is 7.39. The van der Waals surface area contributed by atoms with Gasteiger partial charge in [-0.25, -0.2) is 4.98 Å². The molecule has 4 aromatic carbocycles. The van der Waals surface area contributed by atoms with Gasteiger partial charge < -0.3 is 19.5 Å². The van der Waals surface area contributed by atoms with Crippen LogP contribution in [0.4, 0.5) is 5.69 Å². The van der Waals surface area contributed by atoms with E-state index < -0.39 is 11.2 Å². The Kier molecular flexibility index (Phi) is 5.90. The molecule has 1 unspecified atom stereocenters. The number of aromatic nitrogens is 1. The van der Waals surface area contributed by atoms with E-state index in [0.29, 0.717) is 5.89 Å². The fourth-order valence-corrected chi connectivity index (χ4v) is 4.69. The lowest BCUT2D eigenvalue weighted by molar-refractivity contribution is -0.0893. The third kappa shape index (κ3) is 4.30. The van der Waals surface area contributed by atoms with E-state index in [2.05, 4.69) is 41.7 Å². The van der Waals surface area contributed by atoms with Crippen molar-refractivity contribution < 1.29 is 14.2 Å². The summed E-state index contributed by atoms with van der Waals surface area (Å²) in [6.45, 7) is 7.27. The lowest BCUT2D eigenvalue weighted by atomic mass is 9.81. The Morgan fingerprint density at radius 3 is 2.32 bits per heavy atom. The number of oxazole rings is 1. The number of aliphatic hydroxyl groups is 1. The normalized spacial score (nSPS) is 15.0. The van der Waals surface area contributed by atoms with Crippen molar-refractivity contribution in [2.75, 3.05) is 5.32 Å². The molecular formula is C32H30BN2O3. The molecule has 0 fully saturated rings. The average molecular weight is 501 g/mol. The zero-order valence-electron chi connectivity index (χ0n) is 22.0. The molecular weight excluding hydrogens is 471 g/mol. The Hall–Kier alpha value is -3.87. The highest BCUT2D eigenvalue weighted by molar-refractivity contribution is 6.47. The summed E-state index contributed by atoms with van der Waals surface area (Å²) in [6, 6.07) is 30.8. The monoisotopic (exact) mass is 501 g/mol. The minimum Gasteiger partial charge on any atom is -0.436 e. The van der Waals surface area contributed by atoms with Gasteiger partial charge in [0.15, 0.2) is 5.58 Å². The molecule has 0 saturated heterocycles. The molecule has 0 bridgehead atoms. The number of hydrogen-bond donors (Lipinski definition) is 2. The molecule has 6 heteroatoms. The van der Waals surface area contributed by atoms with Crippen LogP contribution in [0, 0.1) is 0 Å². The Labute approximate surface area is 223 Å². The van der Waals surface area contributed by atoms with E-state index in [0.717, 1.165) is 50.1 Å². The molecule has 1 aliphatic rings. The summed E-state index contributed by atoms with van der Waals surface area (Å²) in [5, 5.41) is 14.1. The van der Waals surface area contributed by atoms with Crippen LogP contribution in [0.15, 0.2) is 95.4 Å². The van der Waals surface area contributed by atoms with Crippen molar-refractivity contribution in [1.29, 1.82) is 0 Å². The maximum absolute atomic E-state index is 10.4. The number of nitrogens with zero attached hydrogens (tertiary/aromatic N) is 1. The quantitative estimate of drug-likeness (QED) is 0.261. The number of para-hydroxylation sites is 1. The van der Waals surface area contributed by atoms with Gasteiger partial charge in [-0.3, -0.25) is 0 Å². The van der Waals surface area contributed by atoms with Gasteiger partial charge in [-0.1, -0.05) is 72.2 Å². The molecule has 1 aliphatic heterocycles. The molecule has 0 amide bonds. The highest BCUT2D eigenvalue weighted by atomic mass is 16.5. The predicted octanol–water partition coefficient (Wildman–Crippen LogP) is 6.49. The molecule has 1 radical (unpaired) electrons. The van der Waals surface area contributed by atoms with Crippen molar-refractivity contribution in [2.45, 2.75) is 44.9 Å². The minimum absolute atomic E-state index is 0.0519. The summed E-state index contributed by atoms with van der Waals surface area (Å²) < 4.78 is 12.1. The molecule has 0 aliphatic carbocycles. The lowest BCUT2D eigenvalue weighted by Crippen LogP contribution is -2.49. The number of fused-ring (bicyclic) bond motifs is 5. The molecule has 0 spiro atoms. The highest BCUT2D eigenvalue weighted by Gasteiger charge is 2.36. The summed E-state index contributed by atoms with van der Waals surface area (Å²) in [4.78, 5) is 4.97. The summed E-state index contributed by atoms with van der Waals surface area (Å²) in [6.07, 6.45) is 0. The van der Waals surface area contributed by atoms with E-state index in [9.17, 15) is 5.11 Å². The van der Waals surface area contributed by atoms with Crippen LogP contribution in [0.2, 0.25) is 0 Å². The van der Waals surface area contributed by atoms with Crippen molar-refractivity contribution >= 4 is 29.7 Å². The fourth-order valence-electron chi connectivity index (χ4n) is 4.69. The van der Waals surface area contributed by atoms with Crippen molar-refractivity contribution in [3.8, 4) is 22.6 Å². The maximum Gasteiger partial charge on any atom is 0.330 e. The van der Waals surface area contributed by atoms with Gasteiger partial charge in [-0.15, -0.1) is 0 Å². The third-order valence-corrected chi connectivity index (χ3v) is 7.65. The predicted molar refractivity (Wildman–Crippen MR) is 154 cm³/mol. The van der Waals surface area contributed by atoms with Crippen LogP contribution in [0.25, 0.3) is 33.7 Å². The van der Waals surface area contributed by atoms with E-state index in [1.807, 2.05) is 68.4 Å². The van der Waals surface area contributed by atoms with Gasteiger partial charge in [-0.2, -0.15) is 0 Å². The van der Waals surface area contributed by atoms with Gasteiger partial charge in [0.1, 0.15) is 5.52 Å². The average Bonchev–Trinajstić information content (AvgIpc) is 3.36. The van der Waals surface area contributed by atoms with E-state index in [1.54, 1.807) is 21.3 Å². The maximum atomic E-state index is 10.4. The SMILES string of the molecule is CC(C)(O)C(C)(C)O[B]c1ccc(C2Nc3ccccc3-c3c2ccc2oc(-c4ccccc4)nc32)cc1. The molecule has 2 N–H and O–H groups in total. The van der Waals surface area contributed by atoms with Gasteiger partial charge in [0.25, 0.3) is 0 Å². The largest absolute Gasteiger partial charge is 0.436 e. The van der Waals surface area contributed by atoms with Crippen LogP contribution < -0.4 is 10.8 Å². The van der Waals surface area contributed by atoms with Gasteiger partial charge in [0, 0.05) is 22.4 Å². The lowest BCUT2D eigenvalue weighted by Gasteiger charge is -2.37. The summed E-state index contributed by atoms with van der Waals surface area (Å²) in [7, 11) is 1.71. The van der Waals surface area contributed by atoms with Gasteiger partial charge in [-0.05, 0) is 63.1 Å². The van der Waals surface area contributed by atoms with Crippen LogP contribution in [-0.2, 0) is 4.65 Å². The first-order valence-electron chi connectivity index (χ1n) is 12.9. The van der Waals surface area contributed by atoms with Crippen molar-refractivity contribution in [3.05, 3.63) is 102 Å². The van der Waals surface area contributed by atoms with E-state index in [-0.39, 0.29) is 6.04 Å². The number of anilines is 1. The van der Waals surface area contributed by atoms with Crippen molar-refractivity contribution in [3.63, 3.8) is 0 Å². The highest BCUT2D eigenvalue weighted by Crippen LogP contribution is 2.46. The van der Waals surface area contributed by atoms with E-state index in [1.165, 1.54) is 0 Å². The zero-order chi connectivity index (χ0) is 26.5. The van der Waals surface area contributed by atoms with Crippen LogP contribution >= 0.6 is 0 Å². The van der Waals surface area contributed by atoms with Gasteiger partial charge in [0.05, 0.1) is 17.2 Å². The number of benzene rings is 4. The fraction of sp³-hybridized carbons (Fsp3) is 0.219. The first-order chi connectivity index (χ1) is 18.2. The minimum atomic E-state index is -0.973. The molecule has 0 saturated carbocycles. The Morgan fingerprint density at radius 1 is 0.868 bits per heavy atom. The molecule has 2 heterocycles. The van der Waals surface area contributed by atoms with Crippen LogP contribution in [-0.4, -0.2) is 28.8 Å². The number of nitrogens with one attached hydrogen (secondary N) is 1. The standard InChI is InChI=1S/C32H30BN2O3/c1-31(2,36)32(3,4)38-33-22-16-14-20(15-17-22)28-24-18-19-26-29(27(24)23-12-8-9-13-25(23)34-28)35-30(37-26)21-10-6-5-7-11-21/h5-19,28,34,36H,1-4H3. The summed E-state index contributed by atoms with van der Waals surface area (Å²) in [5.74, 6) is 0.621. The number of rotatable bonds is 6. The van der Waals surface area contributed by atoms with Crippen molar-refractivity contribution in [1.82, 2.24) is 4.98 Å². The zero-order valence-corrected chi connectivity index (χ0v) is 22.0. The molecule has 189 valence electrons. The molecule has 1 aromatic heterocycles. The molecule has 5 nitrogen and oxygen atoms in total. The van der Waals surface area contributed by atoms with Crippen LogP contribution in [0.3, 0.4) is 0 Å². The topological polar surface area (TPSA) is 67.5 Å². The van der Waals surface area contributed by atoms with Crippen molar-refractivity contribution in [2.24, 2.45) is 0 Å². The van der Waals surface area contributed by atoms with Gasteiger partial charge in [0.2, 0.25) is 5.89 Å². The molecule has 1 atom stereocenters. The second kappa shape index (κ2) is 9.16. The van der Waals surface area contributed by atoms with Gasteiger partial charge >= 0.3 is 7.48 Å². The third-order valence-electron chi connectivity index (χ3n) is 7.65. The Bertz CT molecular complexity index is 1600. The van der Waals surface area contributed by atoms with Crippen LogP contribution in [0.5, 0.6) is 0 Å². The molecule has 6 rings (SSSR count). The van der Waals surface area contributed by atoms with E-state index in [4.69, 9.17) is 14.1 Å². The summed E-state index contributed by atoms with van der Waals surface area (Å²) >= 11 is 0. The second-order valence-corrected chi connectivity index (χ2v) is 10.9. The first kappa shape index (κ1) is 24.5. The Morgan fingerprint density at radius 2 is 1.58 bits per heavy atom. The van der Waals surface area contributed by atoms with Crippen LogP contribution in [0.1, 0.15) is 44.9 Å². The Balaban J connectivity index is 1.38. The second-order valence-electron chi connectivity index (χ2n) is 10.9. The smallest absolute Gasteiger partial charge is 0.330 e.